The lowest BCUT2D eigenvalue weighted by atomic mass is 10.1. The molecule has 0 aliphatic heterocycles. The van der Waals surface area contributed by atoms with Crippen molar-refractivity contribution >= 4 is 17.2 Å². The predicted molar refractivity (Wildman–Crippen MR) is 93.2 cm³/mol. The summed E-state index contributed by atoms with van der Waals surface area (Å²) in [6.07, 6.45) is 0. The molecule has 1 heterocycles. The third-order valence-electron chi connectivity index (χ3n) is 3.53. The Morgan fingerprint density at radius 2 is 1.92 bits per heavy atom. The van der Waals surface area contributed by atoms with Gasteiger partial charge in [-0.15, -0.1) is 11.3 Å². The summed E-state index contributed by atoms with van der Waals surface area (Å²) in [6, 6.07) is 7.51. The molecule has 130 valence electrons. The Labute approximate surface area is 145 Å². The van der Waals surface area contributed by atoms with Crippen molar-refractivity contribution in [1.29, 1.82) is 0 Å². The van der Waals surface area contributed by atoms with E-state index in [0.29, 0.717) is 23.8 Å². The molecule has 2 aromatic rings. The zero-order valence-electron chi connectivity index (χ0n) is 14.1. The van der Waals surface area contributed by atoms with Gasteiger partial charge >= 0.3 is 0 Å². The van der Waals surface area contributed by atoms with Crippen molar-refractivity contribution in [3.63, 3.8) is 0 Å². The molecule has 0 unspecified atom stereocenters. The van der Waals surface area contributed by atoms with Crippen molar-refractivity contribution in [1.82, 2.24) is 5.32 Å². The molecule has 6 nitrogen and oxygen atoms in total. The molecule has 0 radical (unpaired) electrons. The van der Waals surface area contributed by atoms with Crippen molar-refractivity contribution < 1.29 is 24.3 Å². The number of carbonyl (C=O) groups is 1. The molecule has 1 aromatic carbocycles. The molecule has 0 saturated carbocycles. The lowest BCUT2D eigenvalue weighted by molar-refractivity contribution is -0.668. The standard InChI is InChI=1S/C17H22N2O4S/c1-21-13-7-6-12(15(22-2)16(13)23-3)11-18-8-9-19-17(20)14-5-4-10-24-14/h4-7,10,18H,8-9,11H2,1-3H3,(H,19,20)/p+1. The van der Waals surface area contributed by atoms with E-state index in [0.717, 1.165) is 23.5 Å². The summed E-state index contributed by atoms with van der Waals surface area (Å²) >= 11 is 1.44. The average Bonchev–Trinajstić information content (AvgIpc) is 3.15. The van der Waals surface area contributed by atoms with E-state index >= 15 is 0 Å². The van der Waals surface area contributed by atoms with E-state index < -0.39 is 0 Å². The molecule has 1 amide bonds. The number of nitrogens with one attached hydrogen (secondary N) is 1. The molecule has 0 spiro atoms. The zero-order chi connectivity index (χ0) is 17.4. The Balaban J connectivity index is 1.85. The van der Waals surface area contributed by atoms with E-state index in [1.807, 2.05) is 29.6 Å². The summed E-state index contributed by atoms with van der Waals surface area (Å²) in [5.74, 6) is 1.89. The minimum atomic E-state index is -0.0258. The quantitative estimate of drug-likeness (QED) is 0.667. The van der Waals surface area contributed by atoms with Crippen molar-refractivity contribution in [3.8, 4) is 17.2 Å². The first-order chi connectivity index (χ1) is 11.7. The van der Waals surface area contributed by atoms with Crippen LogP contribution in [-0.4, -0.2) is 40.3 Å². The van der Waals surface area contributed by atoms with Crippen molar-refractivity contribution in [2.24, 2.45) is 0 Å². The molecule has 2 rings (SSSR count). The average molecular weight is 351 g/mol. The van der Waals surface area contributed by atoms with E-state index in [-0.39, 0.29) is 5.91 Å². The normalized spacial score (nSPS) is 10.3. The number of hydrogen-bond acceptors (Lipinski definition) is 5. The Bertz CT molecular complexity index is 659. The van der Waals surface area contributed by atoms with Gasteiger partial charge in [-0.05, 0) is 23.6 Å². The minimum absolute atomic E-state index is 0.0258. The number of ether oxygens (including phenoxy) is 3. The molecule has 0 fully saturated rings. The van der Waals surface area contributed by atoms with Crippen LogP contribution < -0.4 is 24.8 Å². The molecule has 0 bridgehead atoms. The monoisotopic (exact) mass is 351 g/mol. The van der Waals surface area contributed by atoms with Crippen molar-refractivity contribution in [3.05, 3.63) is 40.1 Å². The van der Waals surface area contributed by atoms with Gasteiger partial charge in [0, 0.05) is 0 Å². The third-order valence-corrected chi connectivity index (χ3v) is 4.40. The maximum atomic E-state index is 11.8. The Morgan fingerprint density at radius 3 is 2.54 bits per heavy atom. The second-order valence-electron chi connectivity index (χ2n) is 5.01. The predicted octanol–water partition coefficient (Wildman–Crippen LogP) is 1.27. The minimum Gasteiger partial charge on any atom is -0.493 e. The third kappa shape index (κ3) is 4.39. The van der Waals surface area contributed by atoms with E-state index in [4.69, 9.17) is 14.2 Å². The van der Waals surface area contributed by atoms with Crippen LogP contribution in [0.2, 0.25) is 0 Å². The van der Waals surface area contributed by atoms with Gasteiger partial charge in [-0.1, -0.05) is 6.07 Å². The van der Waals surface area contributed by atoms with Crippen molar-refractivity contribution in [2.45, 2.75) is 6.54 Å². The van der Waals surface area contributed by atoms with E-state index in [2.05, 4.69) is 10.6 Å². The van der Waals surface area contributed by atoms with Gasteiger partial charge in [-0.2, -0.15) is 0 Å². The second-order valence-corrected chi connectivity index (χ2v) is 5.96. The number of nitrogens with two attached hydrogens (primary N) is 1. The largest absolute Gasteiger partial charge is 0.493 e. The molecule has 0 saturated heterocycles. The molecule has 1 aromatic heterocycles. The van der Waals surface area contributed by atoms with Gasteiger partial charge in [0.25, 0.3) is 5.91 Å². The fourth-order valence-electron chi connectivity index (χ4n) is 2.36. The fourth-order valence-corrected chi connectivity index (χ4v) is 3.00. The maximum absolute atomic E-state index is 11.8. The molecule has 0 aliphatic rings. The van der Waals surface area contributed by atoms with Crippen LogP contribution in [0.1, 0.15) is 15.2 Å². The Hall–Kier alpha value is -2.25. The van der Waals surface area contributed by atoms with Crippen LogP contribution in [-0.2, 0) is 6.54 Å². The Kier molecular flexibility index (Phi) is 6.89. The summed E-state index contributed by atoms with van der Waals surface area (Å²) in [4.78, 5) is 12.6. The highest BCUT2D eigenvalue weighted by Gasteiger charge is 2.16. The fraction of sp³-hybridized carbons (Fsp3) is 0.353. The number of methoxy groups -OCH3 is 3. The highest BCUT2D eigenvalue weighted by atomic mass is 32.1. The van der Waals surface area contributed by atoms with Crippen LogP contribution in [0.4, 0.5) is 0 Å². The molecular weight excluding hydrogens is 328 g/mol. The molecular formula is C17H23N2O4S+. The second kappa shape index (κ2) is 9.14. The number of hydrogen-bond donors (Lipinski definition) is 2. The molecule has 0 atom stereocenters. The maximum Gasteiger partial charge on any atom is 0.261 e. The summed E-state index contributed by atoms with van der Waals surface area (Å²) in [7, 11) is 4.80. The van der Waals surface area contributed by atoms with Crippen LogP contribution in [0.3, 0.4) is 0 Å². The van der Waals surface area contributed by atoms with Gasteiger partial charge in [0.05, 0.1) is 44.9 Å². The number of rotatable bonds is 9. The van der Waals surface area contributed by atoms with Gasteiger partial charge < -0.3 is 24.8 Å². The number of amides is 1. The molecule has 7 heteroatoms. The van der Waals surface area contributed by atoms with Gasteiger partial charge in [-0.3, -0.25) is 4.79 Å². The molecule has 0 aliphatic carbocycles. The summed E-state index contributed by atoms with van der Waals surface area (Å²) in [5.41, 5.74) is 1.01. The molecule has 24 heavy (non-hydrogen) atoms. The SMILES string of the molecule is COc1ccc(C[NH2+]CCNC(=O)c2cccs2)c(OC)c1OC. The van der Waals surface area contributed by atoms with Crippen LogP contribution in [0, 0.1) is 0 Å². The number of thiophene rings is 1. The Morgan fingerprint density at radius 1 is 1.12 bits per heavy atom. The summed E-state index contributed by atoms with van der Waals surface area (Å²) in [6.45, 7) is 2.10. The first-order valence-corrected chi connectivity index (χ1v) is 8.50. The number of quaternary nitrogens is 1. The van der Waals surface area contributed by atoms with E-state index in [1.165, 1.54) is 11.3 Å². The first kappa shape index (κ1) is 18.1. The van der Waals surface area contributed by atoms with Crippen molar-refractivity contribution in [2.75, 3.05) is 34.4 Å². The highest BCUT2D eigenvalue weighted by Crippen LogP contribution is 2.39. The van der Waals surface area contributed by atoms with Crippen LogP contribution in [0.25, 0.3) is 0 Å². The topological polar surface area (TPSA) is 73.4 Å². The van der Waals surface area contributed by atoms with Crippen LogP contribution in [0.5, 0.6) is 17.2 Å². The van der Waals surface area contributed by atoms with E-state index in [1.54, 1.807) is 21.3 Å². The van der Waals surface area contributed by atoms with E-state index in [9.17, 15) is 4.79 Å². The van der Waals surface area contributed by atoms with Crippen LogP contribution >= 0.6 is 11.3 Å². The number of carbonyl (C=O) groups excluding carboxylic acids is 1. The van der Waals surface area contributed by atoms with Gasteiger partial charge in [-0.25, -0.2) is 0 Å². The first-order valence-electron chi connectivity index (χ1n) is 7.62. The molecule has 3 N–H and O–H groups in total. The van der Waals surface area contributed by atoms with Gasteiger partial charge in [0.15, 0.2) is 11.5 Å². The summed E-state index contributed by atoms with van der Waals surface area (Å²) < 4.78 is 16.1. The van der Waals surface area contributed by atoms with Gasteiger partial charge in [0.1, 0.15) is 6.54 Å². The van der Waals surface area contributed by atoms with Crippen LogP contribution in [0.15, 0.2) is 29.6 Å². The zero-order valence-corrected chi connectivity index (χ0v) is 14.9. The smallest absolute Gasteiger partial charge is 0.261 e. The van der Waals surface area contributed by atoms with Gasteiger partial charge in [0.2, 0.25) is 5.75 Å². The lowest BCUT2D eigenvalue weighted by Gasteiger charge is -2.15. The lowest BCUT2D eigenvalue weighted by Crippen LogP contribution is -2.84. The summed E-state index contributed by atoms with van der Waals surface area (Å²) in [5, 5.41) is 6.91. The highest BCUT2D eigenvalue weighted by molar-refractivity contribution is 7.12. The number of benzene rings is 1.